The van der Waals surface area contributed by atoms with E-state index >= 15 is 0 Å². The van der Waals surface area contributed by atoms with E-state index in [0.717, 1.165) is 0 Å². The molecule has 0 amide bonds. The molecule has 0 aromatic heterocycles. The number of Topliss-reactive ketones (excluding diaryl/α,β-unsaturated/α-hetero) is 1. The third kappa shape index (κ3) is 3.24. The first-order valence-corrected chi connectivity index (χ1v) is 8.21. The number of hydrogen-bond donors (Lipinski definition) is 1. The highest BCUT2D eigenvalue weighted by atomic mass is 31.2. The van der Waals surface area contributed by atoms with Gasteiger partial charge in [0.2, 0.25) is 7.37 Å². The molecule has 0 heterocycles. The number of rotatable bonds is 5. The van der Waals surface area contributed by atoms with Crippen molar-refractivity contribution in [2.24, 2.45) is 0 Å². The standard InChI is InChI=1S/C16H17O3P/c1-13(12-16(17)14-8-4-2-5-9-14)20(18,19)15-10-6-3-7-11-15/h2-11,13H,12H2,1H3,(H,18,19). The first-order valence-electron chi connectivity index (χ1n) is 6.48. The van der Waals surface area contributed by atoms with E-state index in [9.17, 15) is 14.3 Å². The summed E-state index contributed by atoms with van der Waals surface area (Å²) in [5.41, 5.74) is -0.0231. The maximum Gasteiger partial charge on any atom is 0.232 e. The lowest BCUT2D eigenvalue weighted by molar-refractivity contribution is 0.0981. The van der Waals surface area contributed by atoms with E-state index in [0.29, 0.717) is 10.9 Å². The lowest BCUT2D eigenvalue weighted by Gasteiger charge is -2.19. The molecule has 2 unspecified atom stereocenters. The topological polar surface area (TPSA) is 54.4 Å². The number of carbonyl (C=O) groups excluding carboxylic acids is 1. The van der Waals surface area contributed by atoms with Gasteiger partial charge in [0.25, 0.3) is 0 Å². The molecule has 0 radical (unpaired) electrons. The maximum absolute atomic E-state index is 12.5. The summed E-state index contributed by atoms with van der Waals surface area (Å²) in [6.45, 7) is 1.65. The average Bonchev–Trinajstić information content (AvgIpc) is 2.49. The molecule has 2 atom stereocenters. The van der Waals surface area contributed by atoms with Crippen LogP contribution in [-0.2, 0) is 4.57 Å². The fourth-order valence-corrected chi connectivity index (χ4v) is 3.55. The van der Waals surface area contributed by atoms with Crippen molar-refractivity contribution in [3.05, 3.63) is 66.2 Å². The normalized spacial score (nSPS) is 15.3. The van der Waals surface area contributed by atoms with Crippen LogP contribution in [0.3, 0.4) is 0 Å². The molecule has 2 aromatic carbocycles. The van der Waals surface area contributed by atoms with Gasteiger partial charge in [-0.2, -0.15) is 0 Å². The summed E-state index contributed by atoms with van der Waals surface area (Å²) >= 11 is 0. The van der Waals surface area contributed by atoms with Crippen LogP contribution in [0.15, 0.2) is 60.7 Å². The van der Waals surface area contributed by atoms with Gasteiger partial charge in [-0.1, -0.05) is 55.5 Å². The predicted octanol–water partition coefficient (Wildman–Crippen LogP) is 3.24. The zero-order valence-corrected chi connectivity index (χ0v) is 12.2. The molecule has 3 nitrogen and oxygen atoms in total. The van der Waals surface area contributed by atoms with Crippen LogP contribution in [0.4, 0.5) is 0 Å². The van der Waals surface area contributed by atoms with Crippen molar-refractivity contribution in [1.82, 2.24) is 0 Å². The van der Waals surface area contributed by atoms with Crippen LogP contribution in [-0.4, -0.2) is 16.3 Å². The first-order chi connectivity index (χ1) is 9.51. The zero-order chi connectivity index (χ0) is 14.6. The Labute approximate surface area is 118 Å². The van der Waals surface area contributed by atoms with Crippen molar-refractivity contribution in [1.29, 1.82) is 0 Å². The van der Waals surface area contributed by atoms with Gasteiger partial charge in [-0.25, -0.2) is 0 Å². The Hall–Kier alpha value is -1.70. The number of hydrogen-bond acceptors (Lipinski definition) is 2. The van der Waals surface area contributed by atoms with Gasteiger partial charge in [0.15, 0.2) is 5.78 Å². The van der Waals surface area contributed by atoms with Crippen molar-refractivity contribution < 1.29 is 14.3 Å². The summed E-state index contributed by atoms with van der Waals surface area (Å²) in [5, 5.41) is 0.397. The van der Waals surface area contributed by atoms with Gasteiger partial charge in [-0.15, -0.1) is 0 Å². The van der Waals surface area contributed by atoms with Gasteiger partial charge < -0.3 is 4.89 Å². The van der Waals surface area contributed by atoms with E-state index in [-0.39, 0.29) is 12.2 Å². The van der Waals surface area contributed by atoms with Crippen LogP contribution in [0, 0.1) is 0 Å². The lowest BCUT2D eigenvalue weighted by atomic mass is 10.1. The summed E-state index contributed by atoms with van der Waals surface area (Å²) in [5.74, 6) is -0.108. The molecular weight excluding hydrogens is 271 g/mol. The molecule has 20 heavy (non-hydrogen) atoms. The summed E-state index contributed by atoms with van der Waals surface area (Å²) in [6, 6.07) is 17.4. The van der Waals surface area contributed by atoms with Gasteiger partial charge in [-0.3, -0.25) is 9.36 Å². The molecule has 0 saturated carbocycles. The summed E-state index contributed by atoms with van der Waals surface area (Å²) in [7, 11) is -3.53. The van der Waals surface area contributed by atoms with Crippen LogP contribution in [0.5, 0.6) is 0 Å². The van der Waals surface area contributed by atoms with E-state index < -0.39 is 13.0 Å². The predicted molar refractivity (Wildman–Crippen MR) is 80.8 cm³/mol. The maximum atomic E-state index is 12.5. The Bertz CT molecular complexity index is 623. The minimum atomic E-state index is -3.53. The zero-order valence-electron chi connectivity index (χ0n) is 11.3. The molecule has 0 aliphatic heterocycles. The van der Waals surface area contributed by atoms with Gasteiger partial charge in [0.05, 0.1) is 0 Å². The second kappa shape index (κ2) is 6.17. The fourth-order valence-electron chi connectivity index (χ4n) is 2.03. The van der Waals surface area contributed by atoms with E-state index in [1.165, 1.54) is 0 Å². The van der Waals surface area contributed by atoms with Crippen molar-refractivity contribution in [3.63, 3.8) is 0 Å². The van der Waals surface area contributed by atoms with Crippen LogP contribution in [0.25, 0.3) is 0 Å². The summed E-state index contributed by atoms with van der Waals surface area (Å²) < 4.78 is 12.5. The third-order valence-corrected chi connectivity index (χ3v) is 5.72. The van der Waals surface area contributed by atoms with E-state index in [1.807, 2.05) is 6.07 Å². The highest BCUT2D eigenvalue weighted by molar-refractivity contribution is 7.66. The first kappa shape index (κ1) is 14.7. The van der Waals surface area contributed by atoms with Crippen molar-refractivity contribution in [2.75, 3.05) is 0 Å². The summed E-state index contributed by atoms with van der Waals surface area (Å²) in [6.07, 6.45) is 0.0622. The molecule has 0 aliphatic rings. The third-order valence-electron chi connectivity index (χ3n) is 3.30. The van der Waals surface area contributed by atoms with E-state index in [1.54, 1.807) is 61.5 Å². The van der Waals surface area contributed by atoms with Crippen LogP contribution >= 0.6 is 7.37 Å². The van der Waals surface area contributed by atoms with E-state index in [4.69, 9.17) is 0 Å². The molecule has 104 valence electrons. The largest absolute Gasteiger partial charge is 0.341 e. The molecular formula is C16H17O3P. The summed E-state index contributed by atoms with van der Waals surface area (Å²) in [4.78, 5) is 22.4. The Morgan fingerprint density at radius 2 is 1.55 bits per heavy atom. The number of benzene rings is 2. The van der Waals surface area contributed by atoms with Crippen LogP contribution in [0.1, 0.15) is 23.7 Å². The van der Waals surface area contributed by atoms with Crippen LogP contribution in [0.2, 0.25) is 0 Å². The highest BCUT2D eigenvalue weighted by Crippen LogP contribution is 2.46. The Morgan fingerprint density at radius 1 is 1.05 bits per heavy atom. The second-order valence-electron chi connectivity index (χ2n) is 4.80. The van der Waals surface area contributed by atoms with Gasteiger partial charge in [-0.05, 0) is 12.1 Å². The molecule has 2 aromatic rings. The molecule has 0 bridgehead atoms. The highest BCUT2D eigenvalue weighted by Gasteiger charge is 2.30. The Morgan fingerprint density at radius 3 is 2.10 bits per heavy atom. The average molecular weight is 288 g/mol. The van der Waals surface area contributed by atoms with Gasteiger partial charge in [0.1, 0.15) is 0 Å². The number of carbonyl (C=O) groups is 1. The molecule has 2 rings (SSSR count). The fraction of sp³-hybridized carbons (Fsp3) is 0.188. The monoisotopic (exact) mass is 288 g/mol. The van der Waals surface area contributed by atoms with Crippen molar-refractivity contribution in [3.8, 4) is 0 Å². The Kier molecular flexibility index (Phi) is 4.53. The smallest absolute Gasteiger partial charge is 0.232 e. The minimum Gasteiger partial charge on any atom is -0.341 e. The SMILES string of the molecule is CC(CC(=O)c1ccccc1)P(=O)(O)c1ccccc1. The van der Waals surface area contributed by atoms with Crippen molar-refractivity contribution in [2.45, 2.75) is 19.0 Å². The van der Waals surface area contributed by atoms with Gasteiger partial charge >= 0.3 is 0 Å². The molecule has 0 aliphatic carbocycles. The second-order valence-corrected chi connectivity index (χ2v) is 7.44. The van der Waals surface area contributed by atoms with Crippen molar-refractivity contribution >= 4 is 18.5 Å². The minimum absolute atomic E-state index is 0.0622. The molecule has 1 N–H and O–H groups in total. The molecule has 0 saturated heterocycles. The van der Waals surface area contributed by atoms with Gasteiger partial charge in [0, 0.05) is 22.9 Å². The quantitative estimate of drug-likeness (QED) is 0.678. The molecule has 0 fully saturated rings. The lowest BCUT2D eigenvalue weighted by Crippen LogP contribution is -2.18. The Balaban J connectivity index is 2.14. The number of ketones is 1. The van der Waals surface area contributed by atoms with Crippen LogP contribution < -0.4 is 5.30 Å². The molecule has 4 heteroatoms. The van der Waals surface area contributed by atoms with E-state index in [2.05, 4.69) is 0 Å². The molecule has 0 spiro atoms.